The summed E-state index contributed by atoms with van der Waals surface area (Å²) in [5.74, 6) is -0.0939. The maximum absolute atomic E-state index is 11.6. The summed E-state index contributed by atoms with van der Waals surface area (Å²) in [7, 11) is -3.41. The van der Waals surface area contributed by atoms with Crippen molar-refractivity contribution in [2.24, 2.45) is 0 Å². The molecule has 1 aromatic carbocycles. The summed E-state index contributed by atoms with van der Waals surface area (Å²) in [6.07, 6.45) is 0. The zero-order chi connectivity index (χ0) is 12.9. The van der Waals surface area contributed by atoms with Crippen LogP contribution in [0.5, 0.6) is 0 Å². The largest absolute Gasteiger partial charge is 0.397 e. The molecule has 1 rings (SSSR count). The first-order chi connectivity index (χ1) is 7.94. The van der Waals surface area contributed by atoms with Crippen molar-refractivity contribution in [1.82, 2.24) is 0 Å². The summed E-state index contributed by atoms with van der Waals surface area (Å²) < 4.78 is 30.6. The third-order valence-electron chi connectivity index (χ3n) is 1.97. The molecular weight excluding hydrogens is 264 g/mol. The van der Waals surface area contributed by atoms with Gasteiger partial charge >= 0.3 is 0 Å². The lowest BCUT2D eigenvalue weighted by Gasteiger charge is -2.09. The van der Waals surface area contributed by atoms with Crippen LogP contribution in [-0.4, -0.2) is 27.4 Å². The van der Waals surface area contributed by atoms with E-state index in [-0.39, 0.29) is 12.4 Å². The molecule has 1 aromatic rings. The number of nitrogen functional groups attached to an aromatic ring is 1. The van der Waals surface area contributed by atoms with Gasteiger partial charge in [-0.2, -0.15) is 0 Å². The minimum atomic E-state index is -3.41. The number of hydrogen-bond donors (Lipinski definition) is 2. The number of hydrogen-bond acceptors (Lipinski definition) is 4. The molecule has 0 amide bonds. The van der Waals surface area contributed by atoms with Gasteiger partial charge in [0.05, 0.1) is 28.8 Å². The average molecular weight is 279 g/mol. The molecule has 0 aliphatic heterocycles. The van der Waals surface area contributed by atoms with E-state index in [9.17, 15) is 8.42 Å². The molecule has 0 saturated carbocycles. The van der Waals surface area contributed by atoms with Crippen molar-refractivity contribution in [2.75, 3.05) is 29.4 Å². The van der Waals surface area contributed by atoms with Gasteiger partial charge in [0.1, 0.15) is 0 Å². The fourth-order valence-corrected chi connectivity index (χ4v) is 2.19. The van der Waals surface area contributed by atoms with Crippen molar-refractivity contribution in [2.45, 2.75) is 6.92 Å². The number of ether oxygens (including phenoxy) is 1. The molecule has 3 N–H and O–H groups in total. The lowest BCUT2D eigenvalue weighted by molar-refractivity contribution is 0.163. The van der Waals surface area contributed by atoms with Gasteiger partial charge in [0, 0.05) is 6.61 Å². The standard InChI is InChI=1S/C10H15ClN2O3S/c1-2-16-5-6-17(14,15)13-8-3-4-9(11)10(12)7-8/h3-4,7,13H,2,5-6,12H2,1H3. The highest BCUT2D eigenvalue weighted by Crippen LogP contribution is 2.22. The van der Waals surface area contributed by atoms with Crippen LogP contribution < -0.4 is 10.5 Å². The zero-order valence-corrected chi connectivity index (χ0v) is 11.0. The van der Waals surface area contributed by atoms with Crippen LogP contribution in [-0.2, 0) is 14.8 Å². The number of rotatable bonds is 6. The van der Waals surface area contributed by atoms with Gasteiger partial charge in [-0.1, -0.05) is 11.6 Å². The predicted octanol–water partition coefficient (Wildman–Crippen LogP) is 1.70. The molecule has 0 heterocycles. The fourth-order valence-electron chi connectivity index (χ4n) is 1.15. The third-order valence-corrected chi connectivity index (χ3v) is 3.56. The van der Waals surface area contributed by atoms with Gasteiger partial charge in [0.25, 0.3) is 0 Å². The smallest absolute Gasteiger partial charge is 0.235 e. The summed E-state index contributed by atoms with van der Waals surface area (Å²) in [4.78, 5) is 0. The number of benzene rings is 1. The van der Waals surface area contributed by atoms with E-state index >= 15 is 0 Å². The van der Waals surface area contributed by atoms with Crippen LogP contribution in [0, 0.1) is 0 Å². The van der Waals surface area contributed by atoms with Crippen LogP contribution in [0.1, 0.15) is 6.92 Å². The molecule has 0 fully saturated rings. The maximum Gasteiger partial charge on any atom is 0.235 e. The summed E-state index contributed by atoms with van der Waals surface area (Å²) in [6, 6.07) is 4.56. The highest BCUT2D eigenvalue weighted by atomic mass is 35.5. The van der Waals surface area contributed by atoms with Crippen LogP contribution in [0.25, 0.3) is 0 Å². The summed E-state index contributed by atoms with van der Waals surface area (Å²) in [6.45, 7) is 2.46. The van der Waals surface area contributed by atoms with E-state index in [4.69, 9.17) is 22.1 Å². The van der Waals surface area contributed by atoms with Crippen LogP contribution in [0.3, 0.4) is 0 Å². The average Bonchev–Trinajstić information content (AvgIpc) is 2.23. The first-order valence-electron chi connectivity index (χ1n) is 5.08. The van der Waals surface area contributed by atoms with Crippen molar-refractivity contribution < 1.29 is 13.2 Å². The van der Waals surface area contributed by atoms with Crippen LogP contribution in [0.2, 0.25) is 5.02 Å². The number of sulfonamides is 1. The molecule has 0 saturated heterocycles. The monoisotopic (exact) mass is 278 g/mol. The molecule has 0 atom stereocenters. The van der Waals surface area contributed by atoms with E-state index in [0.29, 0.717) is 23.0 Å². The Bertz CT molecular complexity index is 476. The molecule has 7 heteroatoms. The Labute approximate surface area is 106 Å². The third kappa shape index (κ3) is 4.80. The van der Waals surface area contributed by atoms with E-state index < -0.39 is 10.0 Å². The molecule has 0 aromatic heterocycles. The SMILES string of the molecule is CCOCCS(=O)(=O)Nc1ccc(Cl)c(N)c1. The Hall–Kier alpha value is -0.980. The van der Waals surface area contributed by atoms with Gasteiger partial charge in [0.2, 0.25) is 10.0 Å². The number of anilines is 2. The molecule has 17 heavy (non-hydrogen) atoms. The van der Waals surface area contributed by atoms with Gasteiger partial charge in [-0.3, -0.25) is 4.72 Å². The minimum absolute atomic E-state index is 0.0939. The summed E-state index contributed by atoms with van der Waals surface area (Å²) in [5.41, 5.74) is 6.29. The van der Waals surface area contributed by atoms with Crippen molar-refractivity contribution >= 4 is 33.0 Å². The molecule has 0 radical (unpaired) electrons. The summed E-state index contributed by atoms with van der Waals surface area (Å²) in [5, 5.41) is 0.391. The normalized spacial score (nSPS) is 11.4. The zero-order valence-electron chi connectivity index (χ0n) is 9.44. The van der Waals surface area contributed by atoms with E-state index in [2.05, 4.69) is 4.72 Å². The topological polar surface area (TPSA) is 81.4 Å². The Morgan fingerprint density at radius 3 is 2.76 bits per heavy atom. The quantitative estimate of drug-likeness (QED) is 0.613. The lowest BCUT2D eigenvalue weighted by Crippen LogP contribution is -2.20. The van der Waals surface area contributed by atoms with E-state index in [0.717, 1.165) is 0 Å². The van der Waals surface area contributed by atoms with E-state index in [1.165, 1.54) is 12.1 Å². The van der Waals surface area contributed by atoms with Crippen LogP contribution in [0.15, 0.2) is 18.2 Å². The second-order valence-corrected chi connectivity index (χ2v) is 5.60. The molecule has 0 aliphatic carbocycles. The van der Waals surface area contributed by atoms with Crippen molar-refractivity contribution in [3.63, 3.8) is 0 Å². The van der Waals surface area contributed by atoms with Crippen molar-refractivity contribution in [3.05, 3.63) is 23.2 Å². The Kier molecular flexibility index (Phi) is 5.04. The van der Waals surface area contributed by atoms with Crippen LogP contribution in [0.4, 0.5) is 11.4 Å². The van der Waals surface area contributed by atoms with Gasteiger partial charge in [-0.15, -0.1) is 0 Å². The Balaban J connectivity index is 2.66. The molecule has 0 aliphatic rings. The molecular formula is C10H15ClN2O3S. The Morgan fingerprint density at radius 1 is 1.47 bits per heavy atom. The summed E-state index contributed by atoms with van der Waals surface area (Å²) >= 11 is 5.73. The van der Waals surface area contributed by atoms with Gasteiger partial charge < -0.3 is 10.5 Å². The molecule has 0 bridgehead atoms. The predicted molar refractivity (Wildman–Crippen MR) is 69.8 cm³/mol. The van der Waals surface area contributed by atoms with Crippen molar-refractivity contribution in [3.8, 4) is 0 Å². The number of nitrogens with one attached hydrogen (secondary N) is 1. The Morgan fingerprint density at radius 2 is 2.18 bits per heavy atom. The number of nitrogens with two attached hydrogens (primary N) is 1. The maximum atomic E-state index is 11.6. The second-order valence-electron chi connectivity index (χ2n) is 3.35. The highest BCUT2D eigenvalue weighted by molar-refractivity contribution is 7.92. The van der Waals surface area contributed by atoms with Gasteiger partial charge in [-0.25, -0.2) is 8.42 Å². The van der Waals surface area contributed by atoms with E-state index in [1.54, 1.807) is 13.0 Å². The number of halogens is 1. The second kappa shape index (κ2) is 6.09. The van der Waals surface area contributed by atoms with Gasteiger partial charge in [0.15, 0.2) is 0 Å². The molecule has 0 spiro atoms. The minimum Gasteiger partial charge on any atom is -0.397 e. The first kappa shape index (κ1) is 14.1. The van der Waals surface area contributed by atoms with E-state index in [1.807, 2.05) is 0 Å². The highest BCUT2D eigenvalue weighted by Gasteiger charge is 2.10. The molecule has 5 nitrogen and oxygen atoms in total. The molecule has 0 unspecified atom stereocenters. The lowest BCUT2D eigenvalue weighted by atomic mass is 10.3. The molecule has 96 valence electrons. The fraction of sp³-hybridized carbons (Fsp3) is 0.400. The van der Waals surface area contributed by atoms with Crippen molar-refractivity contribution in [1.29, 1.82) is 0 Å². The first-order valence-corrected chi connectivity index (χ1v) is 7.11. The van der Waals surface area contributed by atoms with Gasteiger partial charge in [-0.05, 0) is 25.1 Å². The van der Waals surface area contributed by atoms with Crippen LogP contribution >= 0.6 is 11.6 Å².